The van der Waals surface area contributed by atoms with E-state index in [0.717, 1.165) is 37.2 Å². The number of halogens is 1. The normalized spacial score (nSPS) is 21.6. The van der Waals surface area contributed by atoms with Crippen molar-refractivity contribution < 1.29 is 14.3 Å². The molecule has 2 fully saturated rings. The van der Waals surface area contributed by atoms with Crippen molar-refractivity contribution in [2.45, 2.75) is 26.2 Å². The number of nitrogens with one attached hydrogen (secondary N) is 2. The van der Waals surface area contributed by atoms with Crippen LogP contribution in [0.5, 0.6) is 0 Å². The van der Waals surface area contributed by atoms with Crippen molar-refractivity contribution in [3.8, 4) is 0 Å². The molecule has 2 heterocycles. The first-order chi connectivity index (χ1) is 12.5. The van der Waals surface area contributed by atoms with E-state index in [1.165, 1.54) is 0 Å². The van der Waals surface area contributed by atoms with Crippen molar-refractivity contribution in [2.75, 3.05) is 44.8 Å². The lowest BCUT2D eigenvalue weighted by Crippen LogP contribution is -2.48. The van der Waals surface area contributed by atoms with E-state index >= 15 is 0 Å². The molecule has 0 aromatic heterocycles. The Labute approximate surface area is 167 Å². The second kappa shape index (κ2) is 9.53. The molecule has 150 valence electrons. The van der Waals surface area contributed by atoms with Gasteiger partial charge in [0.25, 0.3) is 0 Å². The van der Waals surface area contributed by atoms with Gasteiger partial charge >= 0.3 is 0 Å². The lowest BCUT2D eigenvalue weighted by Gasteiger charge is -2.37. The van der Waals surface area contributed by atoms with Crippen LogP contribution in [0.1, 0.15) is 24.8 Å². The standard InChI is InChI=1S/C20H29N3O3.ClH/c1-15-3-5-17(6-4-15)23-12-16(11-18(23)24)19(25)22-13-20(14-26-2)7-9-21-10-8-20;/h3-6,16,21H,7-14H2,1-2H3,(H,22,25);1H. The van der Waals surface area contributed by atoms with Crippen LogP contribution < -0.4 is 15.5 Å². The first-order valence-corrected chi connectivity index (χ1v) is 9.37. The summed E-state index contributed by atoms with van der Waals surface area (Å²) < 4.78 is 5.40. The van der Waals surface area contributed by atoms with Gasteiger partial charge in [-0.1, -0.05) is 17.7 Å². The van der Waals surface area contributed by atoms with Gasteiger partial charge < -0.3 is 20.3 Å². The van der Waals surface area contributed by atoms with Crippen LogP contribution in [0.3, 0.4) is 0 Å². The Bertz CT molecular complexity index is 639. The summed E-state index contributed by atoms with van der Waals surface area (Å²) in [7, 11) is 1.71. The SMILES string of the molecule is COCC1(CNC(=O)C2CC(=O)N(c3ccc(C)cc3)C2)CCNCC1.Cl. The molecule has 2 aliphatic heterocycles. The van der Waals surface area contributed by atoms with Gasteiger partial charge in [-0.2, -0.15) is 0 Å². The number of rotatable bonds is 6. The molecule has 7 heteroatoms. The topological polar surface area (TPSA) is 70.7 Å². The summed E-state index contributed by atoms with van der Waals surface area (Å²) in [6, 6.07) is 7.86. The molecule has 0 radical (unpaired) electrons. The summed E-state index contributed by atoms with van der Waals surface area (Å²) in [5.74, 6) is -0.297. The number of carbonyl (C=O) groups excluding carboxylic acids is 2. The fourth-order valence-electron chi connectivity index (χ4n) is 3.91. The maximum Gasteiger partial charge on any atom is 0.227 e. The first kappa shape index (κ1) is 21.7. The predicted molar refractivity (Wildman–Crippen MR) is 108 cm³/mol. The van der Waals surface area contributed by atoms with Gasteiger partial charge in [0.05, 0.1) is 12.5 Å². The van der Waals surface area contributed by atoms with Crippen molar-refractivity contribution >= 4 is 29.9 Å². The molecule has 2 amide bonds. The molecular weight excluding hydrogens is 366 g/mol. The maximum atomic E-state index is 12.7. The average molecular weight is 396 g/mol. The van der Waals surface area contributed by atoms with Gasteiger partial charge in [0.2, 0.25) is 11.8 Å². The number of anilines is 1. The highest BCUT2D eigenvalue weighted by molar-refractivity contribution is 6.00. The number of hydrogen-bond donors (Lipinski definition) is 2. The van der Waals surface area contributed by atoms with Crippen LogP contribution in [0.2, 0.25) is 0 Å². The molecular formula is C20H30ClN3O3. The summed E-state index contributed by atoms with van der Waals surface area (Å²) in [6.07, 6.45) is 2.25. The van der Waals surface area contributed by atoms with E-state index in [-0.39, 0.29) is 42.0 Å². The van der Waals surface area contributed by atoms with Crippen molar-refractivity contribution in [2.24, 2.45) is 11.3 Å². The number of carbonyl (C=O) groups is 2. The molecule has 3 rings (SSSR count). The van der Waals surface area contributed by atoms with Gasteiger partial charge in [0.1, 0.15) is 0 Å². The molecule has 1 aromatic rings. The van der Waals surface area contributed by atoms with Crippen LogP contribution in [0, 0.1) is 18.3 Å². The Kier molecular flexibility index (Phi) is 7.65. The zero-order valence-corrected chi connectivity index (χ0v) is 16.9. The highest BCUT2D eigenvalue weighted by Gasteiger charge is 2.37. The number of nitrogens with zero attached hydrogens (tertiary/aromatic N) is 1. The molecule has 0 bridgehead atoms. The third-order valence-electron chi connectivity index (χ3n) is 5.59. The molecule has 0 saturated carbocycles. The third-order valence-corrected chi connectivity index (χ3v) is 5.59. The van der Waals surface area contributed by atoms with Crippen LogP contribution in [-0.2, 0) is 14.3 Å². The van der Waals surface area contributed by atoms with Crippen molar-refractivity contribution in [3.05, 3.63) is 29.8 Å². The lowest BCUT2D eigenvalue weighted by molar-refractivity contribution is -0.127. The highest BCUT2D eigenvalue weighted by Crippen LogP contribution is 2.29. The summed E-state index contributed by atoms with van der Waals surface area (Å²) in [5.41, 5.74) is 2.01. The van der Waals surface area contributed by atoms with Crippen molar-refractivity contribution in [3.63, 3.8) is 0 Å². The van der Waals surface area contributed by atoms with E-state index in [1.54, 1.807) is 12.0 Å². The van der Waals surface area contributed by atoms with Gasteiger partial charge in [-0.15, -0.1) is 12.4 Å². The van der Waals surface area contributed by atoms with E-state index < -0.39 is 0 Å². The number of benzene rings is 1. The molecule has 6 nitrogen and oxygen atoms in total. The molecule has 1 atom stereocenters. The van der Waals surface area contributed by atoms with Gasteiger partial charge in [0.15, 0.2) is 0 Å². The Hall–Kier alpha value is -1.63. The zero-order valence-electron chi connectivity index (χ0n) is 16.1. The molecule has 27 heavy (non-hydrogen) atoms. The third kappa shape index (κ3) is 5.21. The Morgan fingerprint density at radius 2 is 1.96 bits per heavy atom. The molecule has 2 aliphatic rings. The van der Waals surface area contributed by atoms with Gasteiger partial charge in [-0.05, 0) is 45.0 Å². The monoisotopic (exact) mass is 395 g/mol. The van der Waals surface area contributed by atoms with Crippen LogP contribution in [0.4, 0.5) is 5.69 Å². The fourth-order valence-corrected chi connectivity index (χ4v) is 3.91. The average Bonchev–Trinajstić information content (AvgIpc) is 3.03. The summed E-state index contributed by atoms with van der Waals surface area (Å²) >= 11 is 0. The van der Waals surface area contributed by atoms with Crippen LogP contribution in [0.25, 0.3) is 0 Å². The van der Waals surface area contributed by atoms with E-state index in [9.17, 15) is 9.59 Å². The number of amides is 2. The van der Waals surface area contributed by atoms with Crippen LogP contribution in [-0.4, -0.2) is 51.7 Å². The number of methoxy groups -OCH3 is 1. The molecule has 2 saturated heterocycles. The smallest absolute Gasteiger partial charge is 0.227 e. The van der Waals surface area contributed by atoms with E-state index in [2.05, 4.69) is 10.6 Å². The van der Waals surface area contributed by atoms with E-state index in [1.807, 2.05) is 31.2 Å². The zero-order chi connectivity index (χ0) is 18.6. The Morgan fingerprint density at radius 3 is 2.59 bits per heavy atom. The second-order valence-corrected chi connectivity index (χ2v) is 7.64. The molecule has 0 spiro atoms. The quantitative estimate of drug-likeness (QED) is 0.771. The Morgan fingerprint density at radius 1 is 1.30 bits per heavy atom. The molecule has 2 N–H and O–H groups in total. The number of ether oxygens (including phenoxy) is 1. The Balaban J connectivity index is 0.00000261. The molecule has 1 unspecified atom stereocenters. The summed E-state index contributed by atoms with van der Waals surface area (Å²) in [6.45, 7) is 5.62. The van der Waals surface area contributed by atoms with Crippen LogP contribution in [0.15, 0.2) is 24.3 Å². The summed E-state index contributed by atoms with van der Waals surface area (Å²) in [5, 5.41) is 6.45. The lowest BCUT2D eigenvalue weighted by atomic mass is 9.79. The predicted octanol–water partition coefficient (Wildman–Crippen LogP) is 1.90. The van der Waals surface area contributed by atoms with Gasteiger partial charge in [-0.3, -0.25) is 9.59 Å². The summed E-state index contributed by atoms with van der Waals surface area (Å²) in [4.78, 5) is 26.7. The van der Waals surface area contributed by atoms with E-state index in [0.29, 0.717) is 19.7 Å². The van der Waals surface area contributed by atoms with Crippen LogP contribution >= 0.6 is 12.4 Å². The van der Waals surface area contributed by atoms with Gasteiger partial charge in [-0.25, -0.2) is 0 Å². The first-order valence-electron chi connectivity index (χ1n) is 9.37. The maximum absolute atomic E-state index is 12.7. The minimum atomic E-state index is -0.287. The molecule has 0 aliphatic carbocycles. The second-order valence-electron chi connectivity index (χ2n) is 7.64. The number of hydrogen-bond acceptors (Lipinski definition) is 4. The molecule has 1 aromatic carbocycles. The van der Waals surface area contributed by atoms with Crippen molar-refractivity contribution in [1.29, 1.82) is 0 Å². The minimum Gasteiger partial charge on any atom is -0.384 e. The van der Waals surface area contributed by atoms with Gasteiger partial charge in [0, 0.05) is 37.7 Å². The number of aryl methyl sites for hydroxylation is 1. The van der Waals surface area contributed by atoms with Crippen molar-refractivity contribution in [1.82, 2.24) is 10.6 Å². The van der Waals surface area contributed by atoms with E-state index in [4.69, 9.17) is 4.74 Å². The number of piperidine rings is 1. The minimum absolute atomic E-state index is 0. The fraction of sp³-hybridized carbons (Fsp3) is 0.600. The highest BCUT2D eigenvalue weighted by atomic mass is 35.5. The largest absolute Gasteiger partial charge is 0.384 e.